The van der Waals surface area contributed by atoms with Crippen LogP contribution in [0, 0.1) is 0 Å². The van der Waals surface area contributed by atoms with E-state index in [4.69, 9.17) is 11.6 Å². The van der Waals surface area contributed by atoms with Gasteiger partial charge in [0.15, 0.2) is 0 Å². The molecule has 2 aromatic heterocycles. The summed E-state index contributed by atoms with van der Waals surface area (Å²) in [4.78, 5) is 20.6. The highest BCUT2D eigenvalue weighted by molar-refractivity contribution is 6.33. The van der Waals surface area contributed by atoms with Crippen molar-refractivity contribution in [2.75, 3.05) is 10.6 Å². The standard InChI is InChI=1S/C17H11ClN4O/c18-14-7-6-11-12(17(23)22-16(11)21-14)9-20-13-5-1-3-10-4-2-8-19-15(10)13/h1-9,20H,(H,21,22,23). The molecular weight excluding hydrogens is 312 g/mol. The van der Waals surface area contributed by atoms with Crippen molar-refractivity contribution >= 4 is 45.5 Å². The van der Waals surface area contributed by atoms with Crippen molar-refractivity contribution < 1.29 is 4.79 Å². The molecular formula is C17H11ClN4O. The van der Waals surface area contributed by atoms with Crippen LogP contribution in [-0.2, 0) is 4.79 Å². The largest absolute Gasteiger partial charge is 0.359 e. The van der Waals surface area contributed by atoms with Crippen molar-refractivity contribution in [1.82, 2.24) is 9.97 Å². The molecule has 0 spiro atoms. The van der Waals surface area contributed by atoms with Crippen molar-refractivity contribution in [2.45, 2.75) is 0 Å². The Morgan fingerprint density at radius 1 is 1.13 bits per heavy atom. The van der Waals surface area contributed by atoms with Crippen LogP contribution < -0.4 is 10.6 Å². The summed E-state index contributed by atoms with van der Waals surface area (Å²) in [6.45, 7) is 0. The summed E-state index contributed by atoms with van der Waals surface area (Å²) in [5.41, 5.74) is 2.91. The molecule has 23 heavy (non-hydrogen) atoms. The summed E-state index contributed by atoms with van der Waals surface area (Å²) in [5.74, 6) is 0.266. The fraction of sp³-hybridized carbons (Fsp3) is 0. The summed E-state index contributed by atoms with van der Waals surface area (Å²) in [6, 6.07) is 13.2. The first-order valence-corrected chi connectivity index (χ1v) is 7.39. The van der Waals surface area contributed by atoms with E-state index in [0.29, 0.717) is 16.5 Å². The third-order valence-corrected chi connectivity index (χ3v) is 3.84. The van der Waals surface area contributed by atoms with Crippen molar-refractivity contribution in [2.24, 2.45) is 0 Å². The molecule has 4 rings (SSSR count). The first kappa shape index (κ1) is 13.7. The number of amides is 1. The van der Waals surface area contributed by atoms with E-state index in [1.165, 1.54) is 0 Å². The maximum Gasteiger partial charge on any atom is 0.259 e. The Labute approximate surface area is 137 Å². The monoisotopic (exact) mass is 322 g/mol. The zero-order valence-corrected chi connectivity index (χ0v) is 12.6. The van der Waals surface area contributed by atoms with Crippen molar-refractivity contribution in [3.05, 3.63) is 65.6 Å². The number of carbonyl (C=O) groups is 1. The molecule has 5 nitrogen and oxygen atoms in total. The zero-order chi connectivity index (χ0) is 15.8. The Hall–Kier alpha value is -2.92. The molecule has 0 saturated heterocycles. The molecule has 0 unspecified atom stereocenters. The second-order valence-electron chi connectivity index (χ2n) is 5.07. The number of para-hydroxylation sites is 1. The van der Waals surface area contributed by atoms with E-state index < -0.39 is 0 Å². The number of nitrogens with one attached hydrogen (secondary N) is 2. The number of carbonyl (C=O) groups excluding carboxylic acids is 1. The molecule has 1 aromatic carbocycles. The third-order valence-electron chi connectivity index (χ3n) is 3.63. The summed E-state index contributed by atoms with van der Waals surface area (Å²) >= 11 is 5.85. The van der Waals surface area contributed by atoms with Gasteiger partial charge in [0.1, 0.15) is 11.0 Å². The highest BCUT2D eigenvalue weighted by Crippen LogP contribution is 2.31. The first-order valence-electron chi connectivity index (χ1n) is 7.01. The molecule has 0 fully saturated rings. The van der Waals surface area contributed by atoms with Gasteiger partial charge < -0.3 is 10.6 Å². The molecule has 2 N–H and O–H groups in total. The number of halogens is 1. The lowest BCUT2D eigenvalue weighted by Gasteiger charge is -2.06. The SMILES string of the molecule is O=C1Nc2nc(Cl)ccc2C1=CNc1cccc2cccnc12. The van der Waals surface area contributed by atoms with Crippen LogP contribution in [-0.4, -0.2) is 15.9 Å². The number of benzene rings is 1. The van der Waals surface area contributed by atoms with Crippen molar-refractivity contribution in [1.29, 1.82) is 0 Å². The number of rotatable bonds is 2. The quantitative estimate of drug-likeness (QED) is 0.558. The third kappa shape index (κ3) is 2.41. The van der Waals surface area contributed by atoms with Gasteiger partial charge in [0.2, 0.25) is 0 Å². The van der Waals surface area contributed by atoms with Crippen LogP contribution in [0.2, 0.25) is 5.15 Å². The average Bonchev–Trinajstić information content (AvgIpc) is 2.87. The Bertz CT molecular complexity index is 962. The number of hydrogen-bond acceptors (Lipinski definition) is 4. The highest BCUT2D eigenvalue weighted by Gasteiger charge is 2.25. The zero-order valence-electron chi connectivity index (χ0n) is 11.9. The van der Waals surface area contributed by atoms with E-state index in [0.717, 1.165) is 22.2 Å². The molecule has 0 saturated carbocycles. The van der Waals surface area contributed by atoms with Gasteiger partial charge >= 0.3 is 0 Å². The van der Waals surface area contributed by atoms with E-state index >= 15 is 0 Å². The Morgan fingerprint density at radius 3 is 2.91 bits per heavy atom. The lowest BCUT2D eigenvalue weighted by atomic mass is 10.1. The number of nitrogens with zero attached hydrogens (tertiary/aromatic N) is 2. The van der Waals surface area contributed by atoms with Crippen LogP contribution in [0.1, 0.15) is 5.56 Å². The minimum atomic E-state index is -0.213. The second kappa shape index (κ2) is 5.37. The maximum atomic E-state index is 12.1. The van der Waals surface area contributed by atoms with E-state index in [9.17, 15) is 4.79 Å². The van der Waals surface area contributed by atoms with Gasteiger partial charge in [0.05, 0.1) is 16.8 Å². The van der Waals surface area contributed by atoms with E-state index in [2.05, 4.69) is 20.6 Å². The molecule has 1 aliphatic heterocycles. The van der Waals surface area contributed by atoms with Crippen LogP contribution in [0.4, 0.5) is 11.5 Å². The minimum Gasteiger partial charge on any atom is -0.359 e. The molecule has 0 aliphatic carbocycles. The molecule has 0 bridgehead atoms. The van der Waals surface area contributed by atoms with Crippen molar-refractivity contribution in [3.8, 4) is 0 Å². The van der Waals surface area contributed by atoms with E-state index in [-0.39, 0.29) is 5.91 Å². The fourth-order valence-electron chi connectivity index (χ4n) is 2.56. The van der Waals surface area contributed by atoms with Gasteiger partial charge in [-0.25, -0.2) is 4.98 Å². The van der Waals surface area contributed by atoms with E-state index in [1.54, 1.807) is 24.5 Å². The van der Waals surface area contributed by atoms with Gasteiger partial charge in [0, 0.05) is 23.3 Å². The molecule has 0 radical (unpaired) electrons. The second-order valence-corrected chi connectivity index (χ2v) is 5.45. The average molecular weight is 323 g/mol. The van der Waals surface area contributed by atoms with Gasteiger partial charge in [-0.05, 0) is 24.3 Å². The molecule has 0 atom stereocenters. The summed E-state index contributed by atoms with van der Waals surface area (Å²) in [5, 5.41) is 7.25. The number of fused-ring (bicyclic) bond motifs is 2. The number of hydrogen-bond donors (Lipinski definition) is 2. The molecule has 112 valence electrons. The topological polar surface area (TPSA) is 66.9 Å². The molecule has 1 amide bonds. The molecule has 3 heterocycles. The van der Waals surface area contributed by atoms with Gasteiger partial charge in [-0.15, -0.1) is 0 Å². The highest BCUT2D eigenvalue weighted by atomic mass is 35.5. The lowest BCUT2D eigenvalue weighted by Crippen LogP contribution is -2.05. The molecule has 6 heteroatoms. The lowest BCUT2D eigenvalue weighted by molar-refractivity contribution is -0.110. The predicted octanol–water partition coefficient (Wildman–Crippen LogP) is 3.69. The summed E-state index contributed by atoms with van der Waals surface area (Å²) in [7, 11) is 0. The smallest absolute Gasteiger partial charge is 0.259 e. The van der Waals surface area contributed by atoms with Crippen LogP contribution >= 0.6 is 11.6 Å². The van der Waals surface area contributed by atoms with Gasteiger partial charge in [-0.3, -0.25) is 9.78 Å². The Balaban J connectivity index is 1.73. The van der Waals surface area contributed by atoms with Crippen LogP contribution in [0.3, 0.4) is 0 Å². The summed E-state index contributed by atoms with van der Waals surface area (Å²) in [6.07, 6.45) is 3.41. The predicted molar refractivity (Wildman–Crippen MR) is 91.2 cm³/mol. The molecule has 3 aromatic rings. The van der Waals surface area contributed by atoms with Gasteiger partial charge in [-0.2, -0.15) is 0 Å². The normalized spacial score (nSPS) is 14.8. The van der Waals surface area contributed by atoms with Crippen LogP contribution in [0.15, 0.2) is 54.9 Å². The maximum absolute atomic E-state index is 12.1. The molecule has 1 aliphatic rings. The Morgan fingerprint density at radius 2 is 2.00 bits per heavy atom. The van der Waals surface area contributed by atoms with Gasteiger partial charge in [-0.1, -0.05) is 29.8 Å². The number of pyridine rings is 2. The van der Waals surface area contributed by atoms with Crippen molar-refractivity contribution in [3.63, 3.8) is 0 Å². The van der Waals surface area contributed by atoms with Crippen LogP contribution in [0.5, 0.6) is 0 Å². The minimum absolute atomic E-state index is 0.213. The van der Waals surface area contributed by atoms with Gasteiger partial charge in [0.25, 0.3) is 5.91 Å². The first-order chi connectivity index (χ1) is 11.2. The number of anilines is 2. The van der Waals surface area contributed by atoms with Crippen LogP contribution in [0.25, 0.3) is 16.5 Å². The summed E-state index contributed by atoms with van der Waals surface area (Å²) < 4.78 is 0. The number of aromatic nitrogens is 2. The fourth-order valence-corrected chi connectivity index (χ4v) is 2.71. The van der Waals surface area contributed by atoms with E-state index in [1.807, 2.05) is 30.3 Å². The Kier molecular flexibility index (Phi) is 3.20.